The fraction of sp³-hybridized carbons (Fsp3) is 0.350. The molecule has 0 aromatic heterocycles. The summed E-state index contributed by atoms with van der Waals surface area (Å²) in [7, 11) is 1.65. The van der Waals surface area contributed by atoms with E-state index in [2.05, 4.69) is 0 Å². The Balaban J connectivity index is 1.64. The highest BCUT2D eigenvalue weighted by Crippen LogP contribution is 2.33. The monoisotopic (exact) mass is 359 g/mol. The second kappa shape index (κ2) is 7.79. The van der Waals surface area contributed by atoms with Crippen LogP contribution in [-0.2, 0) is 4.79 Å². The van der Waals surface area contributed by atoms with Crippen LogP contribution >= 0.6 is 11.6 Å². The maximum absolute atomic E-state index is 12.6. The van der Waals surface area contributed by atoms with Gasteiger partial charge < -0.3 is 14.4 Å². The van der Waals surface area contributed by atoms with Crippen LogP contribution in [0.3, 0.4) is 0 Å². The highest BCUT2D eigenvalue weighted by atomic mass is 35.5. The number of likely N-dealkylation sites (tertiary alicyclic amines) is 1. The minimum atomic E-state index is 0.00548. The minimum absolute atomic E-state index is 0.00548. The van der Waals surface area contributed by atoms with E-state index in [1.165, 1.54) is 0 Å². The predicted octanol–water partition coefficient (Wildman–Crippen LogP) is 4.40. The van der Waals surface area contributed by atoms with Crippen LogP contribution in [0.4, 0.5) is 0 Å². The van der Waals surface area contributed by atoms with E-state index in [4.69, 9.17) is 21.1 Å². The summed E-state index contributed by atoms with van der Waals surface area (Å²) in [6, 6.07) is 13.4. The van der Waals surface area contributed by atoms with Gasteiger partial charge in [-0.3, -0.25) is 4.79 Å². The highest BCUT2D eigenvalue weighted by Gasteiger charge is 2.30. The molecule has 25 heavy (non-hydrogen) atoms. The third-order valence-electron chi connectivity index (χ3n) is 4.57. The van der Waals surface area contributed by atoms with Crippen LogP contribution in [0.15, 0.2) is 42.5 Å². The van der Waals surface area contributed by atoms with Crippen molar-refractivity contribution in [2.75, 3.05) is 20.3 Å². The van der Waals surface area contributed by atoms with E-state index in [1.54, 1.807) is 19.2 Å². The summed E-state index contributed by atoms with van der Waals surface area (Å²) in [6.07, 6.45) is 1.97. The van der Waals surface area contributed by atoms with Gasteiger partial charge in [0.1, 0.15) is 11.5 Å². The summed E-state index contributed by atoms with van der Waals surface area (Å²) in [6.45, 7) is 2.71. The molecule has 0 radical (unpaired) electrons. The number of hydrogen-bond acceptors (Lipinski definition) is 3. The van der Waals surface area contributed by atoms with Crippen molar-refractivity contribution in [1.29, 1.82) is 0 Å². The summed E-state index contributed by atoms with van der Waals surface area (Å²) in [5, 5.41) is 0.692. The van der Waals surface area contributed by atoms with Gasteiger partial charge in [-0.25, -0.2) is 0 Å². The number of carbonyl (C=O) groups is 1. The van der Waals surface area contributed by atoms with Gasteiger partial charge in [-0.05, 0) is 61.2 Å². The number of halogens is 1. The predicted molar refractivity (Wildman–Crippen MR) is 98.4 cm³/mol. The molecule has 0 saturated carbocycles. The molecule has 0 unspecified atom stereocenters. The molecule has 1 amide bonds. The molecule has 2 aromatic carbocycles. The summed E-state index contributed by atoms with van der Waals surface area (Å²) < 4.78 is 10.9. The van der Waals surface area contributed by atoms with Crippen LogP contribution in [0, 0.1) is 6.92 Å². The Hall–Kier alpha value is -2.20. The number of benzene rings is 2. The Bertz CT molecular complexity index is 745. The first-order valence-corrected chi connectivity index (χ1v) is 8.78. The third kappa shape index (κ3) is 4.07. The number of carbonyl (C=O) groups excluding carboxylic acids is 1. The fourth-order valence-electron chi connectivity index (χ4n) is 3.17. The molecule has 4 nitrogen and oxygen atoms in total. The molecule has 2 aromatic rings. The summed E-state index contributed by atoms with van der Waals surface area (Å²) >= 11 is 6.02. The maximum Gasteiger partial charge on any atom is 0.261 e. The number of amides is 1. The van der Waals surface area contributed by atoms with Gasteiger partial charge in [-0.2, -0.15) is 0 Å². The first-order chi connectivity index (χ1) is 12.1. The van der Waals surface area contributed by atoms with Crippen molar-refractivity contribution in [2.45, 2.75) is 25.8 Å². The van der Waals surface area contributed by atoms with Crippen LogP contribution in [0.2, 0.25) is 5.02 Å². The van der Waals surface area contributed by atoms with Crippen LogP contribution in [0.1, 0.15) is 30.0 Å². The molecule has 0 N–H and O–H groups in total. The van der Waals surface area contributed by atoms with Gasteiger partial charge in [-0.15, -0.1) is 0 Å². The normalized spacial score (nSPS) is 16.8. The molecule has 1 aliphatic heterocycles. The molecule has 0 spiro atoms. The molecule has 1 heterocycles. The summed E-state index contributed by atoms with van der Waals surface area (Å²) in [5.41, 5.74) is 2.07. The quantitative estimate of drug-likeness (QED) is 0.794. The summed E-state index contributed by atoms with van der Waals surface area (Å²) in [4.78, 5) is 14.5. The van der Waals surface area contributed by atoms with Crippen LogP contribution in [0.25, 0.3) is 0 Å². The number of aryl methyl sites for hydroxylation is 1. The molecule has 1 fully saturated rings. The lowest BCUT2D eigenvalue weighted by atomic mass is 10.0. The molecule has 0 bridgehead atoms. The average molecular weight is 360 g/mol. The van der Waals surface area contributed by atoms with Gasteiger partial charge in [0.2, 0.25) is 0 Å². The van der Waals surface area contributed by atoms with E-state index in [9.17, 15) is 4.79 Å². The highest BCUT2D eigenvalue weighted by molar-refractivity contribution is 6.31. The Morgan fingerprint density at radius 2 is 1.92 bits per heavy atom. The molecule has 1 atom stereocenters. The first-order valence-electron chi connectivity index (χ1n) is 8.41. The topological polar surface area (TPSA) is 38.8 Å². The van der Waals surface area contributed by atoms with E-state index in [0.29, 0.717) is 10.8 Å². The van der Waals surface area contributed by atoms with Crippen molar-refractivity contribution < 1.29 is 14.3 Å². The van der Waals surface area contributed by atoms with Gasteiger partial charge in [-0.1, -0.05) is 23.7 Å². The number of hydrogen-bond donors (Lipinski definition) is 0. The maximum atomic E-state index is 12.6. The Kier molecular flexibility index (Phi) is 5.49. The van der Waals surface area contributed by atoms with Gasteiger partial charge in [0.05, 0.1) is 13.2 Å². The zero-order chi connectivity index (χ0) is 17.8. The fourth-order valence-corrected chi connectivity index (χ4v) is 3.29. The molecule has 1 saturated heterocycles. The molecule has 5 heteroatoms. The number of methoxy groups -OCH3 is 1. The Labute approximate surface area is 153 Å². The van der Waals surface area contributed by atoms with Gasteiger partial charge in [0.25, 0.3) is 5.91 Å². The molecule has 0 aliphatic carbocycles. The molecule has 1 aliphatic rings. The standard InChI is InChI=1S/C20H22ClNO3/c1-14-12-17(9-10-18(14)21)25-13-20(23)22-11-3-4-19(22)15-5-7-16(24-2)8-6-15/h5-10,12,19H,3-4,11,13H2,1-2H3/t19-/m0/s1. The van der Waals surface area contributed by atoms with E-state index in [0.717, 1.165) is 36.3 Å². The van der Waals surface area contributed by atoms with Crippen LogP contribution in [-0.4, -0.2) is 31.1 Å². The molecule has 3 rings (SSSR count). The van der Waals surface area contributed by atoms with Gasteiger partial charge in [0.15, 0.2) is 6.61 Å². The Morgan fingerprint density at radius 1 is 1.20 bits per heavy atom. The van der Waals surface area contributed by atoms with E-state index in [-0.39, 0.29) is 18.6 Å². The number of ether oxygens (including phenoxy) is 2. The summed E-state index contributed by atoms with van der Waals surface area (Å²) in [5.74, 6) is 1.49. The largest absolute Gasteiger partial charge is 0.497 e. The molecular weight excluding hydrogens is 338 g/mol. The van der Waals surface area contributed by atoms with Gasteiger partial charge in [0, 0.05) is 11.6 Å². The SMILES string of the molecule is COc1ccc([C@@H]2CCCN2C(=O)COc2ccc(Cl)c(C)c2)cc1. The average Bonchev–Trinajstić information content (AvgIpc) is 3.12. The second-order valence-electron chi connectivity index (χ2n) is 6.22. The van der Waals surface area contributed by atoms with E-state index in [1.807, 2.05) is 42.2 Å². The lowest BCUT2D eigenvalue weighted by Gasteiger charge is -2.25. The minimum Gasteiger partial charge on any atom is -0.497 e. The molecule has 132 valence electrons. The van der Waals surface area contributed by atoms with Crippen molar-refractivity contribution in [2.24, 2.45) is 0 Å². The van der Waals surface area contributed by atoms with Crippen molar-refractivity contribution in [3.05, 3.63) is 58.6 Å². The molecular formula is C20H22ClNO3. The van der Waals surface area contributed by atoms with Gasteiger partial charge >= 0.3 is 0 Å². The van der Waals surface area contributed by atoms with Crippen molar-refractivity contribution in [3.8, 4) is 11.5 Å². The zero-order valence-corrected chi connectivity index (χ0v) is 15.3. The van der Waals surface area contributed by atoms with Crippen molar-refractivity contribution >= 4 is 17.5 Å². The number of rotatable bonds is 5. The smallest absolute Gasteiger partial charge is 0.261 e. The third-order valence-corrected chi connectivity index (χ3v) is 4.99. The lowest BCUT2D eigenvalue weighted by molar-refractivity contribution is -0.134. The van der Waals surface area contributed by atoms with Crippen molar-refractivity contribution in [3.63, 3.8) is 0 Å². The zero-order valence-electron chi connectivity index (χ0n) is 14.5. The van der Waals surface area contributed by atoms with Crippen LogP contribution < -0.4 is 9.47 Å². The van der Waals surface area contributed by atoms with E-state index >= 15 is 0 Å². The second-order valence-corrected chi connectivity index (χ2v) is 6.63. The number of nitrogens with zero attached hydrogens (tertiary/aromatic N) is 1. The van der Waals surface area contributed by atoms with E-state index < -0.39 is 0 Å². The Morgan fingerprint density at radius 3 is 2.60 bits per heavy atom. The van der Waals surface area contributed by atoms with Crippen LogP contribution in [0.5, 0.6) is 11.5 Å². The van der Waals surface area contributed by atoms with Crippen molar-refractivity contribution in [1.82, 2.24) is 4.90 Å². The first kappa shape index (κ1) is 17.6. The lowest BCUT2D eigenvalue weighted by Crippen LogP contribution is -2.34.